The molecule has 0 heterocycles. The zero-order valence-electron chi connectivity index (χ0n) is 11.7. The molecule has 1 saturated carbocycles. The maximum atomic E-state index is 10.7. The van der Waals surface area contributed by atoms with E-state index in [-0.39, 0.29) is 11.5 Å². The first kappa shape index (κ1) is 13.6. The maximum absolute atomic E-state index is 10.7. The van der Waals surface area contributed by atoms with E-state index in [0.717, 1.165) is 24.8 Å². The van der Waals surface area contributed by atoms with Gasteiger partial charge < -0.3 is 10.8 Å². The minimum absolute atomic E-state index is 0.131. The van der Waals surface area contributed by atoms with Crippen LogP contribution in [0.2, 0.25) is 0 Å². The third-order valence-electron chi connectivity index (χ3n) is 4.05. The predicted molar refractivity (Wildman–Crippen MR) is 75.5 cm³/mol. The van der Waals surface area contributed by atoms with Gasteiger partial charge in [-0.25, -0.2) is 0 Å². The summed E-state index contributed by atoms with van der Waals surface area (Å²) in [6.07, 6.45) is 3.55. The van der Waals surface area contributed by atoms with Crippen LogP contribution < -0.4 is 5.73 Å². The number of hydrogen-bond acceptors (Lipinski definition) is 2. The topological polar surface area (TPSA) is 46.2 Å². The average Bonchev–Trinajstić information content (AvgIpc) is 2.28. The van der Waals surface area contributed by atoms with Crippen molar-refractivity contribution in [3.8, 4) is 0 Å². The van der Waals surface area contributed by atoms with Crippen molar-refractivity contribution in [1.29, 1.82) is 0 Å². The van der Waals surface area contributed by atoms with E-state index in [1.165, 1.54) is 5.56 Å². The van der Waals surface area contributed by atoms with Gasteiger partial charge in [-0.1, -0.05) is 45.0 Å². The molecule has 2 atom stereocenters. The third-order valence-corrected chi connectivity index (χ3v) is 4.05. The highest BCUT2D eigenvalue weighted by Gasteiger charge is 2.34. The van der Waals surface area contributed by atoms with Crippen LogP contribution in [-0.4, -0.2) is 11.1 Å². The molecule has 1 aromatic carbocycles. The van der Waals surface area contributed by atoms with E-state index < -0.39 is 5.60 Å². The molecule has 0 aromatic heterocycles. The smallest absolute Gasteiger partial charge is 0.0911 e. The summed E-state index contributed by atoms with van der Waals surface area (Å²) in [5.74, 6) is 0. The van der Waals surface area contributed by atoms with Crippen molar-refractivity contribution in [2.45, 2.75) is 63.5 Å². The number of benzene rings is 1. The molecule has 2 rings (SSSR count). The molecule has 2 heteroatoms. The molecule has 1 aliphatic carbocycles. The van der Waals surface area contributed by atoms with Crippen LogP contribution in [0, 0.1) is 0 Å². The van der Waals surface area contributed by atoms with Gasteiger partial charge in [0.05, 0.1) is 5.60 Å². The lowest BCUT2D eigenvalue weighted by Crippen LogP contribution is -2.39. The fourth-order valence-electron chi connectivity index (χ4n) is 2.84. The summed E-state index contributed by atoms with van der Waals surface area (Å²) in [6, 6.07) is 8.53. The summed E-state index contributed by atoms with van der Waals surface area (Å²) in [6.45, 7) is 6.60. The SMILES string of the molecule is CC(C)(C)c1ccc(C2(O)CCCC(N)C2)cc1. The molecule has 100 valence electrons. The van der Waals surface area contributed by atoms with Crippen molar-refractivity contribution in [2.24, 2.45) is 5.73 Å². The van der Waals surface area contributed by atoms with Gasteiger partial charge in [0.1, 0.15) is 0 Å². The molecule has 2 unspecified atom stereocenters. The minimum atomic E-state index is -0.714. The van der Waals surface area contributed by atoms with Crippen LogP contribution in [0.5, 0.6) is 0 Å². The van der Waals surface area contributed by atoms with Crippen molar-refractivity contribution in [3.63, 3.8) is 0 Å². The van der Waals surface area contributed by atoms with Crippen molar-refractivity contribution in [3.05, 3.63) is 35.4 Å². The number of nitrogens with two attached hydrogens (primary N) is 1. The van der Waals surface area contributed by atoms with Crippen molar-refractivity contribution in [2.75, 3.05) is 0 Å². The van der Waals surface area contributed by atoms with Crippen molar-refractivity contribution >= 4 is 0 Å². The molecule has 1 fully saturated rings. The summed E-state index contributed by atoms with van der Waals surface area (Å²) >= 11 is 0. The van der Waals surface area contributed by atoms with Crippen LogP contribution >= 0.6 is 0 Å². The quantitative estimate of drug-likeness (QED) is 0.801. The Morgan fingerprint density at radius 1 is 1.22 bits per heavy atom. The molecule has 0 aliphatic heterocycles. The molecule has 0 spiro atoms. The second kappa shape index (κ2) is 4.67. The van der Waals surface area contributed by atoms with Crippen LogP contribution in [0.4, 0.5) is 0 Å². The highest BCUT2D eigenvalue weighted by Crippen LogP contribution is 2.37. The first-order valence-electron chi connectivity index (χ1n) is 6.90. The Bertz CT molecular complexity index is 404. The van der Waals surface area contributed by atoms with E-state index in [2.05, 4.69) is 45.0 Å². The molecule has 1 aliphatic rings. The Balaban J connectivity index is 2.23. The number of hydrogen-bond donors (Lipinski definition) is 2. The molecule has 0 bridgehead atoms. The van der Waals surface area contributed by atoms with Crippen LogP contribution in [0.25, 0.3) is 0 Å². The minimum Gasteiger partial charge on any atom is -0.385 e. The van der Waals surface area contributed by atoms with E-state index in [1.807, 2.05) is 0 Å². The van der Waals surface area contributed by atoms with E-state index in [0.29, 0.717) is 6.42 Å². The first-order chi connectivity index (χ1) is 8.31. The molecular weight excluding hydrogens is 222 g/mol. The Hall–Kier alpha value is -0.860. The van der Waals surface area contributed by atoms with Crippen LogP contribution in [-0.2, 0) is 11.0 Å². The molecule has 0 radical (unpaired) electrons. The zero-order valence-corrected chi connectivity index (χ0v) is 11.7. The molecule has 0 amide bonds. The van der Waals surface area contributed by atoms with Crippen LogP contribution in [0.15, 0.2) is 24.3 Å². The summed E-state index contributed by atoms with van der Waals surface area (Å²) in [5, 5.41) is 10.7. The highest BCUT2D eigenvalue weighted by molar-refractivity contribution is 5.31. The van der Waals surface area contributed by atoms with Gasteiger partial charge in [0.2, 0.25) is 0 Å². The molecule has 3 N–H and O–H groups in total. The van der Waals surface area contributed by atoms with Crippen LogP contribution in [0.3, 0.4) is 0 Å². The van der Waals surface area contributed by atoms with Crippen molar-refractivity contribution in [1.82, 2.24) is 0 Å². The van der Waals surface area contributed by atoms with Gasteiger partial charge in [-0.15, -0.1) is 0 Å². The normalized spacial score (nSPS) is 29.3. The summed E-state index contributed by atoms with van der Waals surface area (Å²) in [5.41, 5.74) is 7.75. The maximum Gasteiger partial charge on any atom is 0.0911 e. The second-order valence-corrected chi connectivity index (χ2v) is 6.72. The molecule has 18 heavy (non-hydrogen) atoms. The number of rotatable bonds is 1. The van der Waals surface area contributed by atoms with E-state index in [1.54, 1.807) is 0 Å². The lowest BCUT2D eigenvalue weighted by Gasteiger charge is -2.36. The Morgan fingerprint density at radius 2 is 1.83 bits per heavy atom. The standard InChI is InChI=1S/C16H25NO/c1-15(2,3)12-6-8-13(9-7-12)16(18)10-4-5-14(17)11-16/h6-9,14,18H,4-5,10-11,17H2,1-3H3. The Kier molecular flexibility index (Phi) is 3.52. The molecular formula is C16H25NO. The fraction of sp³-hybridized carbons (Fsp3) is 0.625. The highest BCUT2D eigenvalue weighted by atomic mass is 16.3. The van der Waals surface area contributed by atoms with E-state index in [4.69, 9.17) is 5.73 Å². The van der Waals surface area contributed by atoms with Gasteiger partial charge in [0, 0.05) is 6.04 Å². The van der Waals surface area contributed by atoms with Gasteiger partial charge in [-0.2, -0.15) is 0 Å². The molecule has 1 aromatic rings. The third kappa shape index (κ3) is 2.76. The first-order valence-corrected chi connectivity index (χ1v) is 6.90. The Labute approximate surface area is 110 Å². The average molecular weight is 247 g/mol. The number of aliphatic hydroxyl groups is 1. The van der Waals surface area contributed by atoms with Gasteiger partial charge in [0.25, 0.3) is 0 Å². The monoisotopic (exact) mass is 247 g/mol. The van der Waals surface area contributed by atoms with Crippen LogP contribution in [0.1, 0.15) is 57.6 Å². The summed E-state index contributed by atoms with van der Waals surface area (Å²) < 4.78 is 0. The second-order valence-electron chi connectivity index (χ2n) is 6.72. The largest absolute Gasteiger partial charge is 0.385 e. The fourth-order valence-corrected chi connectivity index (χ4v) is 2.84. The zero-order chi connectivity index (χ0) is 13.4. The predicted octanol–water partition coefficient (Wildman–Crippen LogP) is 3.07. The van der Waals surface area contributed by atoms with Crippen molar-refractivity contribution < 1.29 is 5.11 Å². The summed E-state index contributed by atoms with van der Waals surface area (Å²) in [4.78, 5) is 0. The van der Waals surface area contributed by atoms with E-state index in [9.17, 15) is 5.11 Å². The lowest BCUT2D eigenvalue weighted by atomic mass is 9.76. The lowest BCUT2D eigenvalue weighted by molar-refractivity contribution is -0.00719. The van der Waals surface area contributed by atoms with E-state index >= 15 is 0 Å². The van der Waals surface area contributed by atoms with Gasteiger partial charge in [0.15, 0.2) is 0 Å². The molecule has 2 nitrogen and oxygen atoms in total. The van der Waals surface area contributed by atoms with Gasteiger partial charge in [-0.05, 0) is 42.2 Å². The van der Waals surface area contributed by atoms with Gasteiger partial charge in [-0.3, -0.25) is 0 Å². The summed E-state index contributed by atoms with van der Waals surface area (Å²) in [7, 11) is 0. The van der Waals surface area contributed by atoms with Gasteiger partial charge >= 0.3 is 0 Å². The Morgan fingerprint density at radius 3 is 2.33 bits per heavy atom. The molecule has 0 saturated heterocycles.